The van der Waals surface area contributed by atoms with E-state index in [2.05, 4.69) is 10.3 Å². The molecule has 0 aliphatic carbocycles. The molecule has 1 amide bonds. The number of hydrogen-bond acceptors (Lipinski definition) is 5. The number of aryl methyl sites for hydroxylation is 2. The molecule has 0 fully saturated rings. The van der Waals surface area contributed by atoms with E-state index in [1.54, 1.807) is 19.3 Å². The van der Waals surface area contributed by atoms with Crippen LogP contribution in [-0.4, -0.2) is 16.7 Å². The summed E-state index contributed by atoms with van der Waals surface area (Å²) in [5.41, 5.74) is 0.652. The number of amides is 1. The molecule has 0 saturated carbocycles. The van der Waals surface area contributed by atoms with Crippen molar-refractivity contribution in [1.82, 2.24) is 4.98 Å². The maximum Gasteiger partial charge on any atom is 0.226 e. The Morgan fingerprint density at radius 3 is 2.84 bits per heavy atom. The van der Waals surface area contributed by atoms with Gasteiger partial charge in [-0.05, 0) is 19.1 Å². The molecule has 0 aliphatic heterocycles. The highest BCUT2D eigenvalue weighted by Gasteiger charge is 2.13. The van der Waals surface area contributed by atoms with Crippen LogP contribution in [0.1, 0.15) is 34.5 Å². The van der Waals surface area contributed by atoms with Gasteiger partial charge in [-0.15, -0.1) is 0 Å². The van der Waals surface area contributed by atoms with E-state index in [9.17, 15) is 9.59 Å². The van der Waals surface area contributed by atoms with E-state index in [1.807, 2.05) is 6.07 Å². The Morgan fingerprint density at radius 1 is 1.47 bits per heavy atom. The summed E-state index contributed by atoms with van der Waals surface area (Å²) in [6.07, 6.45) is 2.45. The van der Waals surface area contributed by atoms with Gasteiger partial charge in [0, 0.05) is 19.8 Å². The van der Waals surface area contributed by atoms with E-state index < -0.39 is 0 Å². The minimum absolute atomic E-state index is 0.0360. The molecule has 2 heterocycles. The number of nitrogens with zero attached hydrogens (tertiary/aromatic N) is 1. The molecule has 0 aliphatic rings. The molecule has 6 heteroatoms. The average molecular weight is 278 g/mol. The fourth-order valence-electron chi connectivity index (χ4n) is 1.65. The van der Waals surface area contributed by atoms with E-state index in [-0.39, 0.29) is 11.7 Å². The fraction of sp³-hybridized carbons (Fsp3) is 0.308. The molecule has 100 valence electrons. The number of carbonyl (C=O) groups is 2. The summed E-state index contributed by atoms with van der Waals surface area (Å²) in [7, 11) is 0. The zero-order valence-corrected chi connectivity index (χ0v) is 11.5. The molecular weight excluding hydrogens is 264 g/mol. The van der Waals surface area contributed by atoms with E-state index in [4.69, 9.17) is 4.42 Å². The predicted octanol–water partition coefficient (Wildman–Crippen LogP) is 2.82. The molecule has 0 saturated heterocycles. The van der Waals surface area contributed by atoms with Gasteiger partial charge in [0.15, 0.2) is 10.9 Å². The topological polar surface area (TPSA) is 72.2 Å². The molecule has 1 N–H and O–H groups in total. The Kier molecular flexibility index (Phi) is 4.11. The van der Waals surface area contributed by atoms with Crippen LogP contribution in [0, 0.1) is 6.92 Å². The Hall–Kier alpha value is -1.95. The molecular formula is C13H14N2O3S. The molecule has 5 nitrogen and oxygen atoms in total. The zero-order chi connectivity index (χ0) is 13.8. The summed E-state index contributed by atoms with van der Waals surface area (Å²) in [4.78, 5) is 27.8. The summed E-state index contributed by atoms with van der Waals surface area (Å²) in [6, 6.07) is 3.62. The van der Waals surface area contributed by atoms with Crippen molar-refractivity contribution in [2.75, 3.05) is 5.32 Å². The normalized spacial score (nSPS) is 10.4. The predicted molar refractivity (Wildman–Crippen MR) is 72.5 cm³/mol. The lowest BCUT2D eigenvalue weighted by molar-refractivity contribution is -0.116. The van der Waals surface area contributed by atoms with Crippen molar-refractivity contribution in [2.24, 2.45) is 0 Å². The molecule has 0 unspecified atom stereocenters. The van der Waals surface area contributed by atoms with E-state index in [1.165, 1.54) is 18.3 Å². The van der Waals surface area contributed by atoms with Gasteiger partial charge < -0.3 is 9.73 Å². The molecule has 0 aromatic carbocycles. The quantitative estimate of drug-likeness (QED) is 0.854. The van der Waals surface area contributed by atoms with Crippen LogP contribution in [0.15, 0.2) is 22.8 Å². The summed E-state index contributed by atoms with van der Waals surface area (Å²) in [5.74, 6) is 0.598. The lowest BCUT2D eigenvalue weighted by atomic mass is 10.2. The summed E-state index contributed by atoms with van der Waals surface area (Å²) >= 11 is 1.20. The van der Waals surface area contributed by atoms with Crippen molar-refractivity contribution in [3.8, 4) is 0 Å². The molecule has 2 rings (SSSR count). The Labute approximate surface area is 114 Å². The van der Waals surface area contributed by atoms with Crippen molar-refractivity contribution in [1.29, 1.82) is 0 Å². The first-order valence-corrected chi connectivity index (χ1v) is 6.68. The van der Waals surface area contributed by atoms with Gasteiger partial charge in [-0.1, -0.05) is 11.3 Å². The Bertz CT molecular complexity index is 587. The maximum absolute atomic E-state index is 11.7. The number of anilines is 1. The Morgan fingerprint density at radius 2 is 2.26 bits per heavy atom. The van der Waals surface area contributed by atoms with Crippen molar-refractivity contribution < 1.29 is 14.0 Å². The van der Waals surface area contributed by atoms with Crippen LogP contribution in [0.2, 0.25) is 0 Å². The monoisotopic (exact) mass is 278 g/mol. The van der Waals surface area contributed by atoms with Gasteiger partial charge >= 0.3 is 0 Å². The van der Waals surface area contributed by atoms with Crippen molar-refractivity contribution >= 4 is 28.2 Å². The number of aromatic nitrogens is 1. The third-order valence-electron chi connectivity index (χ3n) is 2.54. The van der Waals surface area contributed by atoms with E-state index >= 15 is 0 Å². The minimum atomic E-state index is -0.139. The lowest BCUT2D eigenvalue weighted by Crippen LogP contribution is -2.11. The zero-order valence-electron chi connectivity index (χ0n) is 10.7. The molecule has 2 aromatic heterocycles. The smallest absolute Gasteiger partial charge is 0.226 e. The largest absolute Gasteiger partial charge is 0.469 e. The molecule has 19 heavy (non-hydrogen) atoms. The van der Waals surface area contributed by atoms with Gasteiger partial charge in [-0.3, -0.25) is 9.59 Å². The summed E-state index contributed by atoms with van der Waals surface area (Å²) < 4.78 is 5.15. The number of hydrogen-bond donors (Lipinski definition) is 1. The van der Waals surface area contributed by atoms with Crippen molar-refractivity contribution in [3.63, 3.8) is 0 Å². The van der Waals surface area contributed by atoms with Gasteiger partial charge in [0.2, 0.25) is 5.91 Å². The van der Waals surface area contributed by atoms with Crippen LogP contribution in [-0.2, 0) is 11.2 Å². The highest BCUT2D eigenvalue weighted by atomic mass is 32.1. The summed E-state index contributed by atoms with van der Waals surface area (Å²) in [5, 5.41) is 3.16. The number of Topliss-reactive ketones (excluding diaryl/α,β-unsaturated/α-hetero) is 1. The van der Waals surface area contributed by atoms with Gasteiger partial charge in [-0.2, -0.15) is 0 Å². The van der Waals surface area contributed by atoms with Crippen LogP contribution in [0.3, 0.4) is 0 Å². The molecule has 0 atom stereocenters. The van der Waals surface area contributed by atoms with Crippen LogP contribution < -0.4 is 5.32 Å². The first-order valence-electron chi connectivity index (χ1n) is 5.87. The highest BCUT2D eigenvalue weighted by molar-refractivity contribution is 7.17. The summed E-state index contributed by atoms with van der Waals surface area (Å²) in [6.45, 7) is 3.24. The second kappa shape index (κ2) is 5.79. The second-order valence-corrected chi connectivity index (χ2v) is 5.12. The second-order valence-electron chi connectivity index (χ2n) is 4.12. The minimum Gasteiger partial charge on any atom is -0.469 e. The number of rotatable bonds is 5. The van der Waals surface area contributed by atoms with Crippen LogP contribution in [0.4, 0.5) is 5.13 Å². The Balaban J connectivity index is 1.91. The fourth-order valence-corrected chi connectivity index (χ4v) is 2.53. The molecule has 0 bridgehead atoms. The number of nitrogens with one attached hydrogen (secondary N) is 1. The first-order chi connectivity index (χ1) is 9.06. The van der Waals surface area contributed by atoms with E-state index in [0.717, 1.165) is 5.76 Å². The van der Waals surface area contributed by atoms with Gasteiger partial charge in [-0.25, -0.2) is 4.98 Å². The maximum atomic E-state index is 11.7. The van der Waals surface area contributed by atoms with Crippen LogP contribution >= 0.6 is 11.3 Å². The molecule has 0 spiro atoms. The van der Waals surface area contributed by atoms with Crippen molar-refractivity contribution in [2.45, 2.75) is 26.7 Å². The number of thiazole rings is 1. The third kappa shape index (κ3) is 3.51. The average Bonchev–Trinajstić information content (AvgIpc) is 2.96. The highest BCUT2D eigenvalue weighted by Crippen LogP contribution is 2.23. The SMILES string of the molecule is CC(=O)c1sc(NC(=O)CCc2ccco2)nc1C. The van der Waals surface area contributed by atoms with Gasteiger partial charge in [0.1, 0.15) is 5.76 Å². The van der Waals surface area contributed by atoms with Gasteiger partial charge in [0.05, 0.1) is 16.8 Å². The van der Waals surface area contributed by atoms with Gasteiger partial charge in [0.25, 0.3) is 0 Å². The van der Waals surface area contributed by atoms with Crippen molar-refractivity contribution in [3.05, 3.63) is 34.7 Å². The third-order valence-corrected chi connectivity index (χ3v) is 3.71. The number of carbonyl (C=O) groups excluding carboxylic acids is 2. The van der Waals surface area contributed by atoms with Crippen LogP contribution in [0.25, 0.3) is 0 Å². The first kappa shape index (κ1) is 13.5. The number of ketones is 1. The standard InChI is InChI=1S/C13H14N2O3S/c1-8-12(9(2)16)19-13(14-8)15-11(17)6-5-10-4-3-7-18-10/h3-4,7H,5-6H2,1-2H3,(H,14,15,17). The lowest BCUT2D eigenvalue weighted by Gasteiger charge is -1.99. The van der Waals surface area contributed by atoms with Crippen LogP contribution in [0.5, 0.6) is 0 Å². The molecule has 2 aromatic rings. The molecule has 0 radical (unpaired) electrons. The van der Waals surface area contributed by atoms with E-state index in [0.29, 0.717) is 28.5 Å². The number of furan rings is 1.